The van der Waals surface area contributed by atoms with Crippen molar-refractivity contribution in [3.05, 3.63) is 103 Å². The van der Waals surface area contributed by atoms with Crippen molar-refractivity contribution in [3.63, 3.8) is 0 Å². The molecule has 0 saturated heterocycles. The molecule has 6 aromatic rings. The Labute approximate surface area is 205 Å². The minimum atomic E-state index is -0.465. The third-order valence-corrected chi connectivity index (χ3v) is 5.76. The van der Waals surface area contributed by atoms with Crippen LogP contribution in [-0.4, -0.2) is 41.1 Å². The van der Waals surface area contributed by atoms with Crippen LogP contribution in [0.3, 0.4) is 0 Å². The highest BCUT2D eigenvalue weighted by Gasteiger charge is 2.24. The molecule has 0 fully saturated rings. The number of nitrogens with one attached hydrogen (secondary N) is 2. The predicted molar refractivity (Wildman–Crippen MR) is 133 cm³/mol. The molecule has 1 unspecified atom stereocenters. The van der Waals surface area contributed by atoms with Crippen LogP contribution in [0.2, 0.25) is 0 Å². The van der Waals surface area contributed by atoms with E-state index in [0.29, 0.717) is 46.3 Å². The van der Waals surface area contributed by atoms with Crippen LogP contribution in [0.15, 0.2) is 85.6 Å². The number of fused-ring (bicyclic) bond motifs is 2. The first kappa shape index (κ1) is 21.8. The lowest BCUT2D eigenvalue weighted by atomic mass is 10.2. The number of rotatable bonds is 8. The Kier molecular flexibility index (Phi) is 5.76. The van der Waals surface area contributed by atoms with Gasteiger partial charge in [-0.25, -0.2) is 29.3 Å². The number of hydrogen-bond acceptors (Lipinski definition) is 7. The van der Waals surface area contributed by atoms with Gasteiger partial charge in [-0.05, 0) is 29.8 Å². The number of nitrogens with zero attached hydrogens (tertiary/aromatic N) is 6. The Hall–Kier alpha value is -4.70. The molecule has 9 nitrogen and oxygen atoms in total. The highest BCUT2D eigenvalue weighted by molar-refractivity contribution is 5.82. The van der Waals surface area contributed by atoms with E-state index < -0.39 is 6.04 Å². The Morgan fingerprint density at radius 1 is 0.972 bits per heavy atom. The molecule has 0 aliphatic rings. The lowest BCUT2D eigenvalue weighted by Gasteiger charge is -2.20. The summed E-state index contributed by atoms with van der Waals surface area (Å²) in [5.74, 6) is 1.42. The largest absolute Gasteiger partial charge is 0.374 e. The van der Waals surface area contributed by atoms with E-state index in [1.54, 1.807) is 18.6 Å². The number of anilines is 1. The van der Waals surface area contributed by atoms with Gasteiger partial charge in [0.05, 0.1) is 30.6 Å². The maximum Gasteiger partial charge on any atom is 0.182 e. The van der Waals surface area contributed by atoms with Gasteiger partial charge in [0, 0.05) is 12.3 Å². The van der Waals surface area contributed by atoms with Gasteiger partial charge in [-0.3, -0.25) is 4.57 Å². The topological polar surface area (TPSA) is 106 Å². The lowest BCUT2D eigenvalue weighted by Crippen LogP contribution is -2.22. The maximum atomic E-state index is 14.3. The summed E-state index contributed by atoms with van der Waals surface area (Å²) < 4.78 is 22.3. The first-order valence-electron chi connectivity index (χ1n) is 11.4. The zero-order valence-corrected chi connectivity index (χ0v) is 19.0. The van der Waals surface area contributed by atoms with Crippen LogP contribution in [-0.2, 0) is 11.3 Å². The molecule has 4 heterocycles. The van der Waals surface area contributed by atoms with Gasteiger partial charge in [0.15, 0.2) is 11.5 Å². The number of imidazole rings is 2. The number of halogens is 1. The molecule has 0 saturated carbocycles. The van der Waals surface area contributed by atoms with Crippen LogP contribution in [0.5, 0.6) is 0 Å². The fourth-order valence-electron chi connectivity index (χ4n) is 4.12. The normalized spacial score (nSPS) is 12.2. The molecule has 0 aliphatic heterocycles. The average Bonchev–Trinajstić information content (AvgIpc) is 3.54. The fraction of sp³-hybridized carbons (Fsp3) is 0.115. The first-order chi connectivity index (χ1) is 17.8. The fourth-order valence-corrected chi connectivity index (χ4v) is 4.12. The van der Waals surface area contributed by atoms with Crippen molar-refractivity contribution in [3.8, 4) is 5.82 Å². The van der Waals surface area contributed by atoms with Crippen LogP contribution < -0.4 is 5.32 Å². The van der Waals surface area contributed by atoms with Crippen LogP contribution >= 0.6 is 0 Å². The van der Waals surface area contributed by atoms with Crippen LogP contribution in [0.25, 0.3) is 28.0 Å². The molecule has 0 bridgehead atoms. The third kappa shape index (κ3) is 4.25. The molecule has 36 heavy (non-hydrogen) atoms. The summed E-state index contributed by atoms with van der Waals surface area (Å²) in [7, 11) is 0. The smallest absolute Gasteiger partial charge is 0.182 e. The van der Waals surface area contributed by atoms with Crippen LogP contribution in [0.1, 0.15) is 17.4 Å². The Bertz CT molecular complexity index is 1620. The molecule has 178 valence electrons. The number of H-pyrrole nitrogens is 1. The summed E-state index contributed by atoms with van der Waals surface area (Å²) in [6.07, 6.45) is 4.71. The van der Waals surface area contributed by atoms with E-state index in [1.807, 2.05) is 53.1 Å². The van der Waals surface area contributed by atoms with Crippen molar-refractivity contribution in [2.24, 2.45) is 0 Å². The van der Waals surface area contributed by atoms with E-state index in [4.69, 9.17) is 9.72 Å². The zero-order valence-electron chi connectivity index (χ0n) is 19.0. The Morgan fingerprint density at radius 2 is 1.86 bits per heavy atom. The number of aromatic amines is 1. The number of ether oxygens (including phenoxy) is 1. The second-order valence-corrected chi connectivity index (χ2v) is 8.15. The summed E-state index contributed by atoms with van der Waals surface area (Å²) >= 11 is 0. The van der Waals surface area contributed by atoms with Gasteiger partial charge in [-0.15, -0.1) is 0 Å². The molecule has 1 atom stereocenters. The second-order valence-electron chi connectivity index (χ2n) is 8.15. The monoisotopic (exact) mass is 480 g/mol. The summed E-state index contributed by atoms with van der Waals surface area (Å²) in [5.41, 5.74) is 3.50. The Balaban J connectivity index is 1.44. The molecule has 0 aliphatic carbocycles. The summed E-state index contributed by atoms with van der Waals surface area (Å²) in [6.45, 7) is 0.674. The number of benzene rings is 2. The van der Waals surface area contributed by atoms with Gasteiger partial charge in [0.2, 0.25) is 0 Å². The number of pyridine rings is 1. The highest BCUT2D eigenvalue weighted by Crippen LogP contribution is 2.29. The van der Waals surface area contributed by atoms with Crippen molar-refractivity contribution in [2.45, 2.75) is 12.6 Å². The quantitative estimate of drug-likeness (QED) is 0.328. The molecule has 4 aromatic heterocycles. The van der Waals surface area contributed by atoms with E-state index in [0.717, 1.165) is 5.56 Å². The minimum absolute atomic E-state index is 0.257. The van der Waals surface area contributed by atoms with Gasteiger partial charge in [-0.2, -0.15) is 0 Å². The van der Waals surface area contributed by atoms with E-state index in [-0.39, 0.29) is 12.4 Å². The molecular weight excluding hydrogens is 459 g/mol. The maximum absolute atomic E-state index is 14.3. The van der Waals surface area contributed by atoms with Crippen molar-refractivity contribution in [1.29, 1.82) is 0 Å². The molecule has 6 rings (SSSR count). The zero-order chi connectivity index (χ0) is 24.3. The van der Waals surface area contributed by atoms with Gasteiger partial charge < -0.3 is 15.0 Å². The number of hydrogen-bond donors (Lipinski definition) is 2. The number of aromatic nitrogens is 7. The standard InChI is InChI=1S/C26H21FN8O/c27-18-9-10-19-21(12-18)35(22-8-4-5-11-28-22)26(34-19)20(14-36-13-17-6-2-1-3-7-17)33-25-23-24(30-15-29-23)31-16-32-25/h1-12,15-16,20H,13-14H2,(H2,29,30,31,32,33). The lowest BCUT2D eigenvalue weighted by molar-refractivity contribution is 0.110. The SMILES string of the molecule is Fc1ccc2nc(C(COCc3ccccc3)Nc3ncnc4nc[nH]c34)n(-c3ccccn3)c2c1. The van der Waals surface area contributed by atoms with Crippen LogP contribution in [0.4, 0.5) is 10.2 Å². The third-order valence-electron chi connectivity index (χ3n) is 5.76. The van der Waals surface area contributed by atoms with Gasteiger partial charge >= 0.3 is 0 Å². The first-order valence-corrected chi connectivity index (χ1v) is 11.4. The summed E-state index contributed by atoms with van der Waals surface area (Å²) in [6, 6.07) is 19.5. The molecule has 0 radical (unpaired) electrons. The van der Waals surface area contributed by atoms with Crippen molar-refractivity contribution in [2.75, 3.05) is 11.9 Å². The van der Waals surface area contributed by atoms with Crippen molar-refractivity contribution in [1.82, 2.24) is 34.5 Å². The van der Waals surface area contributed by atoms with E-state index in [1.165, 1.54) is 18.5 Å². The van der Waals surface area contributed by atoms with Gasteiger partial charge in [0.25, 0.3) is 0 Å². The van der Waals surface area contributed by atoms with E-state index in [9.17, 15) is 4.39 Å². The minimum Gasteiger partial charge on any atom is -0.374 e. The second kappa shape index (κ2) is 9.51. The van der Waals surface area contributed by atoms with Crippen molar-refractivity contribution >= 4 is 28.0 Å². The molecule has 0 spiro atoms. The molecule has 0 amide bonds. The van der Waals surface area contributed by atoms with Crippen molar-refractivity contribution < 1.29 is 9.13 Å². The molecule has 2 N–H and O–H groups in total. The molecular formula is C26H21FN8O. The predicted octanol–water partition coefficient (Wildman–Crippen LogP) is 4.60. The van der Waals surface area contributed by atoms with Gasteiger partial charge in [-0.1, -0.05) is 36.4 Å². The Morgan fingerprint density at radius 3 is 2.72 bits per heavy atom. The average molecular weight is 481 g/mol. The van der Waals surface area contributed by atoms with Crippen LogP contribution in [0, 0.1) is 5.82 Å². The van der Waals surface area contributed by atoms with Gasteiger partial charge in [0.1, 0.15) is 35.3 Å². The molecule has 10 heteroatoms. The van der Waals surface area contributed by atoms with E-state index in [2.05, 4.69) is 30.2 Å². The highest BCUT2D eigenvalue weighted by atomic mass is 19.1. The summed E-state index contributed by atoms with van der Waals surface area (Å²) in [4.78, 5) is 25.3. The summed E-state index contributed by atoms with van der Waals surface area (Å²) in [5, 5.41) is 3.44. The molecule has 2 aromatic carbocycles. The van der Waals surface area contributed by atoms with E-state index >= 15 is 0 Å².